The largest absolute Gasteiger partial charge is 0.460 e. The fourth-order valence-corrected chi connectivity index (χ4v) is 1.81. The Hall–Kier alpha value is -1.62. The first-order chi connectivity index (χ1) is 9.56. The summed E-state index contributed by atoms with van der Waals surface area (Å²) >= 11 is 0. The zero-order valence-corrected chi connectivity index (χ0v) is 12.8. The van der Waals surface area contributed by atoms with Gasteiger partial charge in [-0.15, -0.1) is 0 Å². The lowest BCUT2D eigenvalue weighted by Crippen LogP contribution is -2.28. The third kappa shape index (κ3) is 5.57. The van der Waals surface area contributed by atoms with E-state index < -0.39 is 0 Å². The van der Waals surface area contributed by atoms with Gasteiger partial charge in [-0.1, -0.05) is 19.9 Å². The van der Waals surface area contributed by atoms with Crippen molar-refractivity contribution in [2.24, 2.45) is 0 Å². The number of pyridine rings is 1. The van der Waals surface area contributed by atoms with Crippen molar-refractivity contribution in [3.63, 3.8) is 0 Å². The van der Waals surface area contributed by atoms with E-state index in [4.69, 9.17) is 4.74 Å². The molecule has 0 aliphatic rings. The van der Waals surface area contributed by atoms with E-state index in [0.29, 0.717) is 18.1 Å². The van der Waals surface area contributed by atoms with Crippen molar-refractivity contribution in [1.29, 1.82) is 0 Å². The molecule has 0 aliphatic heterocycles. The summed E-state index contributed by atoms with van der Waals surface area (Å²) in [5.41, 5.74) is 0.343. The summed E-state index contributed by atoms with van der Waals surface area (Å²) in [6, 6.07) is 5.59. The van der Waals surface area contributed by atoms with Crippen molar-refractivity contribution in [2.75, 3.05) is 31.6 Å². The molecule has 20 heavy (non-hydrogen) atoms. The number of carbonyl (C=O) groups is 1. The maximum absolute atomic E-state index is 11.9. The molecule has 5 heteroatoms. The van der Waals surface area contributed by atoms with Crippen LogP contribution in [0.4, 0.5) is 5.82 Å². The molecule has 0 spiro atoms. The molecule has 1 heterocycles. The number of rotatable bonds is 8. The number of hydrogen-bond acceptors (Lipinski definition) is 5. The highest BCUT2D eigenvalue weighted by Crippen LogP contribution is 2.07. The number of hydrogen-bond donors (Lipinski definition) is 1. The summed E-state index contributed by atoms with van der Waals surface area (Å²) in [4.78, 5) is 18.4. The quantitative estimate of drug-likeness (QED) is 0.741. The Balaban J connectivity index is 2.50. The number of likely N-dealkylation sites (N-methyl/N-ethyl adjacent to an activating group) is 1. The van der Waals surface area contributed by atoms with Crippen LogP contribution in [0.25, 0.3) is 0 Å². The van der Waals surface area contributed by atoms with Crippen molar-refractivity contribution in [3.05, 3.63) is 23.9 Å². The van der Waals surface area contributed by atoms with Gasteiger partial charge in [-0.05, 0) is 39.1 Å². The first-order valence-electron chi connectivity index (χ1n) is 7.19. The predicted molar refractivity (Wildman–Crippen MR) is 81.1 cm³/mol. The third-order valence-electron chi connectivity index (χ3n) is 2.93. The Labute approximate surface area is 121 Å². The number of esters is 1. The van der Waals surface area contributed by atoms with Gasteiger partial charge in [0, 0.05) is 12.6 Å². The molecule has 0 radical (unpaired) electrons. The van der Waals surface area contributed by atoms with Crippen molar-refractivity contribution in [1.82, 2.24) is 9.88 Å². The van der Waals surface area contributed by atoms with Crippen LogP contribution in [-0.4, -0.2) is 48.1 Å². The first kappa shape index (κ1) is 16.4. The molecule has 1 aromatic heterocycles. The predicted octanol–water partition coefficient (Wildman–Crippen LogP) is 2.40. The molecule has 0 aliphatic carbocycles. The molecule has 1 N–H and O–H groups in total. The molecule has 1 rings (SSSR count). The highest BCUT2D eigenvalue weighted by atomic mass is 16.5. The van der Waals surface area contributed by atoms with Gasteiger partial charge in [-0.2, -0.15) is 0 Å². The van der Waals surface area contributed by atoms with E-state index in [0.717, 1.165) is 19.6 Å². The minimum atomic E-state index is -0.371. The number of ether oxygens (including phenoxy) is 1. The Kier molecular flexibility index (Phi) is 7.01. The molecule has 0 aromatic carbocycles. The molecule has 0 atom stereocenters. The van der Waals surface area contributed by atoms with Crippen LogP contribution in [-0.2, 0) is 4.74 Å². The average molecular weight is 279 g/mol. The molecule has 112 valence electrons. The van der Waals surface area contributed by atoms with E-state index in [2.05, 4.69) is 29.0 Å². The van der Waals surface area contributed by atoms with Crippen LogP contribution in [0.2, 0.25) is 0 Å². The highest BCUT2D eigenvalue weighted by Gasteiger charge is 2.10. The molecular formula is C15H25N3O2. The van der Waals surface area contributed by atoms with Gasteiger partial charge in [0.25, 0.3) is 0 Å². The zero-order valence-electron chi connectivity index (χ0n) is 12.8. The zero-order chi connectivity index (χ0) is 15.0. The molecule has 1 aromatic rings. The second-order valence-corrected chi connectivity index (χ2v) is 4.87. The average Bonchev–Trinajstić information content (AvgIpc) is 2.43. The van der Waals surface area contributed by atoms with Gasteiger partial charge < -0.3 is 15.0 Å². The number of carbonyl (C=O) groups excluding carboxylic acids is 1. The molecule has 0 fully saturated rings. The van der Waals surface area contributed by atoms with Gasteiger partial charge in [0.2, 0.25) is 0 Å². The fraction of sp³-hybridized carbons (Fsp3) is 0.600. The highest BCUT2D eigenvalue weighted by molar-refractivity contribution is 5.87. The van der Waals surface area contributed by atoms with E-state index in [1.807, 2.05) is 19.9 Å². The number of aromatic nitrogens is 1. The maximum atomic E-state index is 11.9. The summed E-state index contributed by atoms with van der Waals surface area (Å²) in [5, 5.41) is 3.17. The first-order valence-corrected chi connectivity index (χ1v) is 7.19. The van der Waals surface area contributed by atoms with Gasteiger partial charge in [-0.25, -0.2) is 9.78 Å². The summed E-state index contributed by atoms with van der Waals surface area (Å²) in [7, 11) is 0. The summed E-state index contributed by atoms with van der Waals surface area (Å²) in [6.07, 6.45) is 0. The van der Waals surface area contributed by atoms with Crippen LogP contribution < -0.4 is 5.32 Å². The van der Waals surface area contributed by atoms with Gasteiger partial charge >= 0.3 is 5.97 Å². The van der Waals surface area contributed by atoms with Crippen LogP contribution >= 0.6 is 0 Å². The lowest BCUT2D eigenvalue weighted by Gasteiger charge is -2.17. The van der Waals surface area contributed by atoms with Crippen LogP contribution in [0, 0.1) is 0 Å². The Morgan fingerprint density at radius 2 is 2.05 bits per heavy atom. The second-order valence-electron chi connectivity index (χ2n) is 4.87. The molecule has 0 bridgehead atoms. The number of anilines is 1. The molecule has 0 saturated heterocycles. The normalized spacial score (nSPS) is 10.9. The van der Waals surface area contributed by atoms with Crippen LogP contribution in [0.3, 0.4) is 0 Å². The molecule has 0 saturated carbocycles. The van der Waals surface area contributed by atoms with Crippen molar-refractivity contribution >= 4 is 11.8 Å². The van der Waals surface area contributed by atoms with Crippen LogP contribution in [0.1, 0.15) is 38.2 Å². The van der Waals surface area contributed by atoms with Gasteiger partial charge in [0.1, 0.15) is 12.4 Å². The second kappa shape index (κ2) is 8.53. The van der Waals surface area contributed by atoms with Crippen LogP contribution in [0.5, 0.6) is 0 Å². The van der Waals surface area contributed by atoms with E-state index in [9.17, 15) is 4.79 Å². The summed E-state index contributed by atoms with van der Waals surface area (Å²) < 4.78 is 5.25. The Bertz CT molecular complexity index is 417. The molecule has 0 unspecified atom stereocenters. The smallest absolute Gasteiger partial charge is 0.357 e. The van der Waals surface area contributed by atoms with Crippen molar-refractivity contribution < 1.29 is 9.53 Å². The van der Waals surface area contributed by atoms with Gasteiger partial charge in [0.05, 0.1) is 0 Å². The van der Waals surface area contributed by atoms with E-state index >= 15 is 0 Å². The molecule has 5 nitrogen and oxygen atoms in total. The van der Waals surface area contributed by atoms with Crippen LogP contribution in [0.15, 0.2) is 18.2 Å². The van der Waals surface area contributed by atoms with Gasteiger partial charge in [-0.3, -0.25) is 0 Å². The summed E-state index contributed by atoms with van der Waals surface area (Å²) in [5.74, 6) is 0.322. The standard InChI is InChI=1S/C15H25N3O2/c1-5-18(6-2)10-11-20-15(19)13-8-7-9-14(17-13)16-12(3)4/h7-9,12H,5-6,10-11H2,1-4H3,(H,16,17). The fourth-order valence-electron chi connectivity index (χ4n) is 1.81. The van der Waals surface area contributed by atoms with Gasteiger partial charge in [0.15, 0.2) is 5.69 Å². The number of nitrogens with zero attached hydrogens (tertiary/aromatic N) is 2. The maximum Gasteiger partial charge on any atom is 0.357 e. The van der Waals surface area contributed by atoms with Crippen molar-refractivity contribution in [2.45, 2.75) is 33.7 Å². The lowest BCUT2D eigenvalue weighted by atomic mass is 10.3. The monoisotopic (exact) mass is 279 g/mol. The Morgan fingerprint density at radius 3 is 2.65 bits per heavy atom. The lowest BCUT2D eigenvalue weighted by molar-refractivity contribution is 0.0460. The van der Waals surface area contributed by atoms with Crippen molar-refractivity contribution in [3.8, 4) is 0 Å². The molecule has 0 amide bonds. The van der Waals surface area contributed by atoms with E-state index in [1.165, 1.54) is 0 Å². The number of nitrogens with one attached hydrogen (secondary N) is 1. The topological polar surface area (TPSA) is 54.5 Å². The van der Waals surface area contributed by atoms with E-state index in [1.54, 1.807) is 12.1 Å². The van der Waals surface area contributed by atoms with E-state index in [-0.39, 0.29) is 12.0 Å². The summed E-state index contributed by atoms with van der Waals surface area (Å²) in [6.45, 7) is 11.3. The molecular weight excluding hydrogens is 254 g/mol. The minimum absolute atomic E-state index is 0.274. The SMILES string of the molecule is CCN(CC)CCOC(=O)c1cccc(NC(C)C)n1. The third-order valence-corrected chi connectivity index (χ3v) is 2.93. The minimum Gasteiger partial charge on any atom is -0.460 e. The Morgan fingerprint density at radius 1 is 1.35 bits per heavy atom.